The Morgan fingerprint density at radius 3 is 1.71 bits per heavy atom. The summed E-state index contributed by atoms with van der Waals surface area (Å²) in [6, 6.07) is 0. The van der Waals surface area contributed by atoms with Crippen LogP contribution in [0.4, 0.5) is 0 Å². The monoisotopic (exact) mass is 392 g/mol. The van der Waals surface area contributed by atoms with Crippen LogP contribution in [0.5, 0.6) is 0 Å². The molecule has 132 valence electrons. The summed E-state index contributed by atoms with van der Waals surface area (Å²) in [5.74, 6) is 4.79. The highest BCUT2D eigenvalue weighted by atomic mass is 32.2. The minimum absolute atomic E-state index is 0.0612. The number of hydrogen-bond donors (Lipinski definition) is 0. The summed E-state index contributed by atoms with van der Waals surface area (Å²) in [5, 5.41) is 0.0612. The van der Waals surface area contributed by atoms with Crippen LogP contribution in [0.1, 0.15) is 13.8 Å². The summed E-state index contributed by atoms with van der Waals surface area (Å²) in [6.45, 7) is 3.79. The molecule has 1 aliphatic rings. The second-order valence-electron chi connectivity index (χ2n) is 4.16. The maximum absolute atomic E-state index is 12.6. The van der Waals surface area contributed by atoms with Crippen molar-refractivity contribution in [2.45, 2.75) is 13.8 Å². The highest BCUT2D eigenvalue weighted by Gasteiger charge is 2.42. The van der Waals surface area contributed by atoms with Crippen molar-refractivity contribution < 1.29 is 27.5 Å². The average Bonchev–Trinajstić information content (AvgIpc) is 2.55. The zero-order valence-corrected chi connectivity index (χ0v) is 15.5. The fourth-order valence-corrected chi connectivity index (χ4v) is 2.91. The molecule has 0 saturated carbocycles. The molecule has 0 aliphatic carbocycles. The van der Waals surface area contributed by atoms with Crippen LogP contribution in [0, 0.1) is 0 Å². The van der Waals surface area contributed by atoms with Gasteiger partial charge >= 0.3 is 5.95 Å². The number of amides is 2. The minimum atomic E-state index is -1.52. The van der Waals surface area contributed by atoms with Gasteiger partial charge in [-0.2, -0.15) is 0 Å². The first-order valence-corrected chi connectivity index (χ1v) is 9.74. The Morgan fingerprint density at radius 1 is 1.04 bits per heavy atom. The number of carbonyl (C=O) groups is 4. The molecule has 1 fully saturated rings. The largest absolute Gasteiger partial charge is 0.391 e. The predicted molar refractivity (Wildman–Crippen MR) is 99.5 cm³/mol. The van der Waals surface area contributed by atoms with Crippen molar-refractivity contribution in [2.75, 3.05) is 13.1 Å². The Hall–Kier alpha value is -1.85. The second kappa shape index (κ2) is 8.85. The lowest BCUT2D eigenvalue weighted by Crippen LogP contribution is -2.56. The standard InChI is InChI=1S/C13H16N2O6S3/c1-5-14-10(18)9(11(19)15(6-2)13(14)22)12(20-23(3)7-16)21-24(4)8-17/h7-8H,3-6H2,1-2H3. The van der Waals surface area contributed by atoms with E-state index in [1.54, 1.807) is 13.8 Å². The average molecular weight is 392 g/mol. The van der Waals surface area contributed by atoms with Crippen LogP contribution in [-0.4, -0.2) is 62.8 Å². The molecule has 8 nitrogen and oxygen atoms in total. The Labute approximate surface area is 149 Å². The number of rotatable bonds is 8. The molecule has 11 heteroatoms. The van der Waals surface area contributed by atoms with E-state index in [1.807, 2.05) is 0 Å². The summed E-state index contributed by atoms with van der Waals surface area (Å²) >= 11 is 5.13. The van der Waals surface area contributed by atoms with Gasteiger partial charge in [0.05, 0.1) is 21.5 Å². The van der Waals surface area contributed by atoms with Gasteiger partial charge < -0.3 is 8.37 Å². The molecule has 1 aliphatic heterocycles. The van der Waals surface area contributed by atoms with Crippen molar-refractivity contribution in [1.82, 2.24) is 9.80 Å². The van der Waals surface area contributed by atoms with Gasteiger partial charge in [-0.1, -0.05) is 0 Å². The molecule has 0 aromatic carbocycles. The number of nitrogens with zero attached hydrogens (tertiary/aromatic N) is 2. The topological polar surface area (TPSA) is 93.2 Å². The van der Waals surface area contributed by atoms with Crippen LogP contribution >= 0.6 is 33.7 Å². The lowest BCUT2D eigenvalue weighted by Gasteiger charge is -2.35. The predicted octanol–water partition coefficient (Wildman–Crippen LogP) is 0.839. The van der Waals surface area contributed by atoms with Crippen molar-refractivity contribution in [1.29, 1.82) is 0 Å². The maximum Gasteiger partial charge on any atom is 0.322 e. The van der Waals surface area contributed by atoms with E-state index in [9.17, 15) is 19.2 Å². The first kappa shape index (κ1) is 20.2. The molecule has 2 amide bonds. The van der Waals surface area contributed by atoms with Crippen LogP contribution in [0.25, 0.3) is 0 Å². The molecule has 2 unspecified atom stereocenters. The third kappa shape index (κ3) is 4.16. The smallest absolute Gasteiger partial charge is 0.322 e. The van der Waals surface area contributed by atoms with Gasteiger partial charge in [-0.3, -0.25) is 29.0 Å². The first-order chi connectivity index (χ1) is 11.3. The van der Waals surface area contributed by atoms with E-state index < -0.39 is 44.9 Å². The zero-order valence-electron chi connectivity index (χ0n) is 13.1. The molecule has 0 aromatic rings. The van der Waals surface area contributed by atoms with Crippen molar-refractivity contribution >= 4 is 73.7 Å². The highest BCUT2D eigenvalue weighted by molar-refractivity contribution is 8.22. The number of thiocarbonyl (C=S) groups is 1. The lowest BCUT2D eigenvalue weighted by molar-refractivity contribution is -0.134. The summed E-state index contributed by atoms with van der Waals surface area (Å²) in [6.07, 6.45) is 0. The molecule has 0 bridgehead atoms. The molecule has 2 atom stereocenters. The third-order valence-electron chi connectivity index (χ3n) is 2.80. The summed E-state index contributed by atoms with van der Waals surface area (Å²) in [7, 11) is -3.04. The van der Waals surface area contributed by atoms with Gasteiger partial charge in [0.15, 0.2) is 10.7 Å². The van der Waals surface area contributed by atoms with Crippen molar-refractivity contribution in [3.8, 4) is 0 Å². The molecule has 1 saturated heterocycles. The first-order valence-electron chi connectivity index (χ1n) is 6.57. The van der Waals surface area contributed by atoms with E-state index in [4.69, 9.17) is 20.6 Å². The Balaban J connectivity index is 3.51. The molecule has 24 heavy (non-hydrogen) atoms. The van der Waals surface area contributed by atoms with Gasteiger partial charge in [0.2, 0.25) is 11.2 Å². The maximum atomic E-state index is 12.6. The van der Waals surface area contributed by atoms with Gasteiger partial charge in [0.25, 0.3) is 11.8 Å². The summed E-state index contributed by atoms with van der Waals surface area (Å²) in [4.78, 5) is 49.1. The van der Waals surface area contributed by atoms with Crippen LogP contribution in [0.3, 0.4) is 0 Å². The number of hydrogen-bond acceptors (Lipinski definition) is 7. The van der Waals surface area contributed by atoms with E-state index >= 15 is 0 Å². The van der Waals surface area contributed by atoms with Crippen molar-refractivity contribution in [3.05, 3.63) is 11.5 Å². The zero-order chi connectivity index (χ0) is 18.4. The van der Waals surface area contributed by atoms with Crippen molar-refractivity contribution in [3.63, 3.8) is 0 Å². The number of likely N-dealkylation sites (N-methyl/N-ethyl adjacent to an activating group) is 2. The van der Waals surface area contributed by atoms with E-state index in [2.05, 4.69) is 11.7 Å². The Bertz CT molecular complexity index is 621. The fraction of sp³-hybridized carbons (Fsp3) is 0.308. The molecule has 0 spiro atoms. The summed E-state index contributed by atoms with van der Waals surface area (Å²) in [5.41, 5.74) is 0.297. The van der Waals surface area contributed by atoms with Crippen molar-refractivity contribution in [2.24, 2.45) is 0 Å². The second-order valence-corrected chi connectivity index (χ2v) is 6.77. The Kier molecular flexibility index (Phi) is 7.45. The van der Waals surface area contributed by atoms with Crippen LogP contribution in [0.2, 0.25) is 0 Å². The van der Waals surface area contributed by atoms with Crippen LogP contribution in [-0.2, 0) is 27.5 Å². The normalized spacial score (nSPS) is 17.4. The van der Waals surface area contributed by atoms with Gasteiger partial charge in [-0.05, 0) is 37.8 Å². The fourth-order valence-electron chi connectivity index (χ4n) is 1.74. The molecular weight excluding hydrogens is 376 g/mol. The van der Waals surface area contributed by atoms with Crippen LogP contribution < -0.4 is 0 Å². The number of carbonyl (C=O) groups excluding carboxylic acids is 4. The molecule has 0 N–H and O–H groups in total. The van der Waals surface area contributed by atoms with E-state index in [1.165, 1.54) is 9.80 Å². The highest BCUT2D eigenvalue weighted by Crippen LogP contribution is 2.29. The minimum Gasteiger partial charge on any atom is -0.391 e. The lowest BCUT2D eigenvalue weighted by atomic mass is 10.1. The van der Waals surface area contributed by atoms with Gasteiger partial charge in [0.1, 0.15) is 0 Å². The quantitative estimate of drug-likeness (QED) is 0.199. The molecule has 0 radical (unpaired) electrons. The summed E-state index contributed by atoms with van der Waals surface area (Å²) < 4.78 is 10.3. The Morgan fingerprint density at radius 2 is 1.42 bits per heavy atom. The SMILES string of the molecule is C=S(C=O)OC(OS(=C)C=O)=C1C(=O)N(CC)C(=S)N(CC)C1=O. The van der Waals surface area contributed by atoms with E-state index in [-0.39, 0.29) is 18.2 Å². The molecule has 1 rings (SSSR count). The third-order valence-corrected chi connectivity index (χ3v) is 4.40. The van der Waals surface area contributed by atoms with Gasteiger partial charge in [0, 0.05) is 13.1 Å². The van der Waals surface area contributed by atoms with Gasteiger partial charge in [-0.15, -0.1) is 0 Å². The molecule has 0 aromatic heterocycles. The van der Waals surface area contributed by atoms with Crippen LogP contribution in [0.15, 0.2) is 11.5 Å². The van der Waals surface area contributed by atoms with Gasteiger partial charge in [-0.25, -0.2) is 0 Å². The van der Waals surface area contributed by atoms with E-state index in [0.29, 0.717) is 11.2 Å². The van der Waals surface area contributed by atoms with E-state index in [0.717, 1.165) is 0 Å². The molecular formula is C13H16N2O6S3. The molecule has 1 heterocycles.